The fraction of sp³-hybridized carbons (Fsp3) is 0.231. The first kappa shape index (κ1) is 13.9. The molecule has 0 saturated carbocycles. The van der Waals surface area contributed by atoms with Crippen LogP contribution in [0.3, 0.4) is 0 Å². The third-order valence-corrected chi connectivity index (χ3v) is 3.27. The topological polar surface area (TPSA) is 44.1 Å². The van der Waals surface area contributed by atoms with E-state index >= 15 is 0 Å². The highest BCUT2D eigenvalue weighted by Gasteiger charge is 2.17. The standard InChI is InChI=1S/C13H12Cl2N2O2/c1-3-17-10(11(14)16-12(15)13(17)18)8-6-4-5-7-9(8)19-2/h4-7H,3H2,1-2H3. The van der Waals surface area contributed by atoms with Gasteiger partial charge in [0.2, 0.25) is 0 Å². The molecule has 0 saturated heterocycles. The zero-order valence-electron chi connectivity index (χ0n) is 10.5. The van der Waals surface area contributed by atoms with Crippen molar-refractivity contribution in [2.24, 2.45) is 0 Å². The molecule has 0 amide bonds. The van der Waals surface area contributed by atoms with E-state index in [1.165, 1.54) is 4.57 Å². The maximum atomic E-state index is 12.0. The van der Waals surface area contributed by atoms with Crippen molar-refractivity contribution in [1.82, 2.24) is 9.55 Å². The SMILES string of the molecule is CCn1c(-c2ccccc2OC)c(Cl)nc(Cl)c1=O. The fourth-order valence-corrected chi connectivity index (χ4v) is 2.43. The molecule has 2 rings (SSSR count). The van der Waals surface area contributed by atoms with E-state index in [9.17, 15) is 4.79 Å². The van der Waals surface area contributed by atoms with Crippen molar-refractivity contribution in [3.8, 4) is 17.0 Å². The molecule has 100 valence electrons. The lowest BCUT2D eigenvalue weighted by Gasteiger charge is -2.15. The summed E-state index contributed by atoms with van der Waals surface area (Å²) in [6, 6.07) is 7.30. The number of nitrogens with zero attached hydrogens (tertiary/aromatic N) is 2. The van der Waals surface area contributed by atoms with E-state index in [1.807, 2.05) is 25.1 Å². The van der Waals surface area contributed by atoms with Crippen LogP contribution >= 0.6 is 23.2 Å². The van der Waals surface area contributed by atoms with Crippen molar-refractivity contribution < 1.29 is 4.74 Å². The molecule has 0 aliphatic heterocycles. The Morgan fingerprint density at radius 3 is 2.58 bits per heavy atom. The molecular formula is C13H12Cl2N2O2. The molecule has 0 bridgehead atoms. The van der Waals surface area contributed by atoms with Crippen molar-refractivity contribution in [2.75, 3.05) is 7.11 Å². The monoisotopic (exact) mass is 298 g/mol. The lowest BCUT2D eigenvalue weighted by molar-refractivity contribution is 0.416. The molecule has 0 spiro atoms. The van der Waals surface area contributed by atoms with E-state index in [0.717, 1.165) is 0 Å². The summed E-state index contributed by atoms with van der Waals surface area (Å²) < 4.78 is 6.77. The van der Waals surface area contributed by atoms with Gasteiger partial charge in [0.05, 0.1) is 12.8 Å². The quantitative estimate of drug-likeness (QED) is 0.874. The molecule has 2 aromatic rings. The number of hydrogen-bond acceptors (Lipinski definition) is 3. The Balaban J connectivity index is 2.82. The Hall–Kier alpha value is -1.52. The van der Waals surface area contributed by atoms with Gasteiger partial charge in [0.1, 0.15) is 5.75 Å². The van der Waals surface area contributed by atoms with Gasteiger partial charge in [0.25, 0.3) is 5.56 Å². The maximum Gasteiger partial charge on any atom is 0.288 e. The Kier molecular flexibility index (Phi) is 4.12. The number of hydrogen-bond donors (Lipinski definition) is 0. The molecule has 0 aliphatic rings. The van der Waals surface area contributed by atoms with Gasteiger partial charge in [-0.1, -0.05) is 35.3 Å². The van der Waals surface area contributed by atoms with Crippen LogP contribution in [0.5, 0.6) is 5.75 Å². The third-order valence-electron chi connectivity index (χ3n) is 2.76. The minimum Gasteiger partial charge on any atom is -0.496 e. The zero-order valence-corrected chi connectivity index (χ0v) is 12.0. The summed E-state index contributed by atoms with van der Waals surface area (Å²) in [5.74, 6) is 0.620. The second-order valence-electron chi connectivity index (χ2n) is 3.79. The van der Waals surface area contributed by atoms with Gasteiger partial charge in [-0.2, -0.15) is 0 Å². The minimum atomic E-state index is -0.366. The van der Waals surface area contributed by atoms with Crippen LogP contribution < -0.4 is 10.3 Å². The highest BCUT2D eigenvalue weighted by molar-refractivity contribution is 6.33. The van der Waals surface area contributed by atoms with Gasteiger partial charge in [-0.15, -0.1) is 0 Å². The summed E-state index contributed by atoms with van der Waals surface area (Å²) in [6.07, 6.45) is 0. The number of rotatable bonds is 3. The third kappa shape index (κ3) is 2.46. The normalized spacial score (nSPS) is 10.5. The maximum absolute atomic E-state index is 12.0. The predicted octanol–water partition coefficient (Wildman–Crippen LogP) is 3.25. The van der Waals surface area contributed by atoms with Crippen LogP contribution in [0.4, 0.5) is 0 Å². The molecule has 6 heteroatoms. The van der Waals surface area contributed by atoms with Crippen molar-refractivity contribution in [3.05, 3.63) is 44.9 Å². The second kappa shape index (κ2) is 5.63. The first-order chi connectivity index (χ1) is 9.10. The minimum absolute atomic E-state index is 0.134. The van der Waals surface area contributed by atoms with E-state index < -0.39 is 0 Å². The number of ether oxygens (including phenoxy) is 1. The van der Waals surface area contributed by atoms with E-state index in [1.54, 1.807) is 13.2 Å². The van der Waals surface area contributed by atoms with Crippen molar-refractivity contribution >= 4 is 23.2 Å². The van der Waals surface area contributed by atoms with Gasteiger partial charge in [0.15, 0.2) is 10.3 Å². The number of halogens is 2. The van der Waals surface area contributed by atoms with E-state index in [4.69, 9.17) is 27.9 Å². The largest absolute Gasteiger partial charge is 0.496 e. The van der Waals surface area contributed by atoms with Crippen LogP contribution in [-0.4, -0.2) is 16.7 Å². The van der Waals surface area contributed by atoms with Crippen LogP contribution in [0.15, 0.2) is 29.1 Å². The van der Waals surface area contributed by atoms with E-state index in [-0.39, 0.29) is 15.9 Å². The summed E-state index contributed by atoms with van der Waals surface area (Å²) in [6.45, 7) is 2.28. The van der Waals surface area contributed by atoms with Gasteiger partial charge in [0, 0.05) is 12.1 Å². The highest BCUT2D eigenvalue weighted by atomic mass is 35.5. The van der Waals surface area contributed by atoms with Gasteiger partial charge in [-0.05, 0) is 19.1 Å². The van der Waals surface area contributed by atoms with Gasteiger partial charge < -0.3 is 9.30 Å². The number of methoxy groups -OCH3 is 1. The van der Waals surface area contributed by atoms with E-state index in [2.05, 4.69) is 4.98 Å². The van der Waals surface area contributed by atoms with Gasteiger partial charge >= 0.3 is 0 Å². The number of aromatic nitrogens is 2. The Bertz CT molecular complexity index is 668. The molecule has 1 heterocycles. The number of benzene rings is 1. The van der Waals surface area contributed by atoms with Crippen LogP contribution in [0.2, 0.25) is 10.3 Å². The molecule has 0 aliphatic carbocycles. The molecule has 4 nitrogen and oxygen atoms in total. The Morgan fingerprint density at radius 2 is 1.95 bits per heavy atom. The molecule has 1 aromatic carbocycles. The Morgan fingerprint density at radius 1 is 1.26 bits per heavy atom. The number of para-hydroxylation sites is 1. The molecular weight excluding hydrogens is 287 g/mol. The van der Waals surface area contributed by atoms with Gasteiger partial charge in [-0.25, -0.2) is 4.98 Å². The molecule has 0 fully saturated rings. The zero-order chi connectivity index (χ0) is 14.0. The van der Waals surface area contributed by atoms with Crippen LogP contribution in [-0.2, 0) is 6.54 Å². The molecule has 1 aromatic heterocycles. The van der Waals surface area contributed by atoms with Crippen molar-refractivity contribution in [3.63, 3.8) is 0 Å². The summed E-state index contributed by atoms with van der Waals surface area (Å²) >= 11 is 11.9. The average molecular weight is 299 g/mol. The lowest BCUT2D eigenvalue weighted by Crippen LogP contribution is -2.23. The molecule has 0 radical (unpaired) electrons. The predicted molar refractivity (Wildman–Crippen MR) is 76.2 cm³/mol. The molecule has 0 atom stereocenters. The van der Waals surface area contributed by atoms with E-state index in [0.29, 0.717) is 23.6 Å². The molecule has 19 heavy (non-hydrogen) atoms. The van der Waals surface area contributed by atoms with Crippen molar-refractivity contribution in [2.45, 2.75) is 13.5 Å². The Labute approximate surface area is 120 Å². The average Bonchev–Trinajstić information content (AvgIpc) is 2.42. The summed E-state index contributed by atoms with van der Waals surface area (Å²) in [5, 5.41) is 0.0430. The van der Waals surface area contributed by atoms with Crippen molar-refractivity contribution in [1.29, 1.82) is 0 Å². The van der Waals surface area contributed by atoms with Crippen LogP contribution in [0.1, 0.15) is 6.92 Å². The molecule has 0 unspecified atom stereocenters. The summed E-state index contributed by atoms with van der Waals surface area (Å²) in [7, 11) is 1.56. The molecule has 0 N–H and O–H groups in total. The van der Waals surface area contributed by atoms with Gasteiger partial charge in [-0.3, -0.25) is 4.79 Å². The first-order valence-corrected chi connectivity index (χ1v) is 6.45. The van der Waals surface area contributed by atoms with Crippen LogP contribution in [0, 0.1) is 0 Å². The first-order valence-electron chi connectivity index (χ1n) is 5.69. The fourth-order valence-electron chi connectivity index (χ4n) is 1.91. The van der Waals surface area contributed by atoms with Crippen LogP contribution in [0.25, 0.3) is 11.3 Å². The lowest BCUT2D eigenvalue weighted by atomic mass is 10.1. The second-order valence-corrected chi connectivity index (χ2v) is 4.51. The highest BCUT2D eigenvalue weighted by Crippen LogP contribution is 2.33. The smallest absolute Gasteiger partial charge is 0.288 e. The summed E-state index contributed by atoms with van der Waals surface area (Å²) in [4.78, 5) is 15.9. The summed E-state index contributed by atoms with van der Waals surface area (Å²) in [5.41, 5.74) is 0.851.